The average Bonchev–Trinajstić information content (AvgIpc) is 2.12. The van der Waals surface area contributed by atoms with Gasteiger partial charge in [0.25, 0.3) is 0 Å². The lowest BCUT2D eigenvalue weighted by Crippen LogP contribution is -2.46. The molecule has 0 heterocycles. The van der Waals surface area contributed by atoms with Gasteiger partial charge in [-0.1, -0.05) is 33.6 Å². The summed E-state index contributed by atoms with van der Waals surface area (Å²) in [7, 11) is 0. The van der Waals surface area contributed by atoms with Crippen molar-refractivity contribution in [1.29, 1.82) is 5.26 Å². The maximum absolute atomic E-state index is 9.32. The summed E-state index contributed by atoms with van der Waals surface area (Å²) in [5.74, 6) is 3.53. The predicted octanol–water partition coefficient (Wildman–Crippen LogP) is 2.56. The molecule has 0 aromatic rings. The van der Waals surface area contributed by atoms with Crippen LogP contribution in [0.3, 0.4) is 0 Å². The minimum absolute atomic E-state index is 0.450. The number of hydrogen-bond acceptors (Lipinski definition) is 2. The van der Waals surface area contributed by atoms with Gasteiger partial charge in [-0.25, -0.2) is 0 Å². The molecule has 0 rings (SSSR count). The number of hydrogen-bond donors (Lipinski definition) is 1. The molecule has 0 aliphatic heterocycles. The normalized spacial score (nSPS) is 11.5. The van der Waals surface area contributed by atoms with E-state index in [1.807, 2.05) is 0 Å². The standard InChI is InChI=1S/C13H22N2/c1-6-7-15-13(10-14,8-11(2)3)9-12(4)5/h1,11-12,15H,7-9H2,2-5H3. The maximum atomic E-state index is 9.32. The second kappa shape index (κ2) is 6.49. The molecule has 0 atom stereocenters. The molecular weight excluding hydrogens is 184 g/mol. The van der Waals surface area contributed by atoms with E-state index in [2.05, 4.69) is 45.0 Å². The van der Waals surface area contributed by atoms with Crippen LogP contribution >= 0.6 is 0 Å². The van der Waals surface area contributed by atoms with Gasteiger partial charge in [0.05, 0.1) is 12.6 Å². The van der Waals surface area contributed by atoms with E-state index in [9.17, 15) is 5.26 Å². The second-order valence-electron chi connectivity index (χ2n) is 4.95. The van der Waals surface area contributed by atoms with Crippen LogP contribution in [-0.2, 0) is 0 Å². The highest BCUT2D eigenvalue weighted by atomic mass is 15.0. The van der Waals surface area contributed by atoms with Crippen LogP contribution in [0.25, 0.3) is 0 Å². The molecule has 0 amide bonds. The van der Waals surface area contributed by atoms with Gasteiger partial charge in [0.1, 0.15) is 5.54 Å². The van der Waals surface area contributed by atoms with Gasteiger partial charge in [-0.2, -0.15) is 5.26 Å². The van der Waals surface area contributed by atoms with Crippen molar-refractivity contribution < 1.29 is 0 Å². The van der Waals surface area contributed by atoms with Gasteiger partial charge >= 0.3 is 0 Å². The number of nitrogens with zero attached hydrogens (tertiary/aromatic N) is 1. The second-order valence-corrected chi connectivity index (χ2v) is 4.95. The molecule has 0 aromatic carbocycles. The Labute approximate surface area is 94.1 Å². The SMILES string of the molecule is C#CCNC(C#N)(CC(C)C)CC(C)C. The summed E-state index contributed by atoms with van der Waals surface area (Å²) < 4.78 is 0. The van der Waals surface area contributed by atoms with Crippen LogP contribution in [0.2, 0.25) is 0 Å². The number of rotatable bonds is 6. The van der Waals surface area contributed by atoms with Crippen molar-refractivity contribution in [3.8, 4) is 18.4 Å². The molecular formula is C13H22N2. The third kappa shape index (κ3) is 5.45. The largest absolute Gasteiger partial charge is 0.288 e. The van der Waals surface area contributed by atoms with Gasteiger partial charge in [0, 0.05) is 0 Å². The average molecular weight is 206 g/mol. The quantitative estimate of drug-likeness (QED) is 0.678. The van der Waals surface area contributed by atoms with E-state index in [1.54, 1.807) is 0 Å². The van der Waals surface area contributed by atoms with Gasteiger partial charge in [-0.15, -0.1) is 6.42 Å². The summed E-state index contributed by atoms with van der Waals surface area (Å²) in [5.41, 5.74) is -0.450. The van der Waals surface area contributed by atoms with Crippen LogP contribution in [0.4, 0.5) is 0 Å². The van der Waals surface area contributed by atoms with Gasteiger partial charge in [0.2, 0.25) is 0 Å². The molecule has 2 heteroatoms. The van der Waals surface area contributed by atoms with Gasteiger partial charge in [0.15, 0.2) is 0 Å². The van der Waals surface area contributed by atoms with E-state index < -0.39 is 5.54 Å². The predicted molar refractivity (Wildman–Crippen MR) is 64.1 cm³/mol. The van der Waals surface area contributed by atoms with Crippen LogP contribution < -0.4 is 5.32 Å². The molecule has 0 spiro atoms. The molecule has 0 bridgehead atoms. The molecule has 0 radical (unpaired) electrons. The Morgan fingerprint density at radius 3 is 1.93 bits per heavy atom. The summed E-state index contributed by atoms with van der Waals surface area (Å²) >= 11 is 0. The van der Waals surface area contributed by atoms with E-state index >= 15 is 0 Å². The first-order chi connectivity index (χ1) is 6.95. The molecule has 0 saturated carbocycles. The lowest BCUT2D eigenvalue weighted by Gasteiger charge is -2.30. The van der Waals surface area contributed by atoms with Gasteiger partial charge in [-0.3, -0.25) is 5.32 Å². The fraction of sp³-hybridized carbons (Fsp3) is 0.769. The number of nitrogens with one attached hydrogen (secondary N) is 1. The fourth-order valence-electron chi connectivity index (χ4n) is 1.97. The zero-order valence-electron chi connectivity index (χ0n) is 10.3. The highest BCUT2D eigenvalue weighted by Gasteiger charge is 2.30. The van der Waals surface area contributed by atoms with Crippen molar-refractivity contribution >= 4 is 0 Å². The van der Waals surface area contributed by atoms with Crippen molar-refractivity contribution in [2.45, 2.75) is 46.1 Å². The molecule has 1 N–H and O–H groups in total. The van der Waals surface area contributed by atoms with Crippen molar-refractivity contribution in [2.75, 3.05) is 6.54 Å². The summed E-state index contributed by atoms with van der Waals surface area (Å²) in [6.07, 6.45) is 6.93. The Hall–Kier alpha value is -0.990. The summed E-state index contributed by atoms with van der Waals surface area (Å²) in [6.45, 7) is 8.98. The van der Waals surface area contributed by atoms with E-state index in [-0.39, 0.29) is 0 Å². The molecule has 0 saturated heterocycles. The Balaban J connectivity index is 4.63. The number of nitriles is 1. The van der Waals surface area contributed by atoms with Crippen molar-refractivity contribution in [3.05, 3.63) is 0 Å². The van der Waals surface area contributed by atoms with Gasteiger partial charge < -0.3 is 0 Å². The lowest BCUT2D eigenvalue weighted by molar-refractivity contribution is 0.297. The molecule has 2 nitrogen and oxygen atoms in total. The first-order valence-corrected chi connectivity index (χ1v) is 5.55. The molecule has 84 valence electrons. The molecule has 0 aliphatic rings. The lowest BCUT2D eigenvalue weighted by atomic mass is 9.83. The molecule has 0 unspecified atom stereocenters. The van der Waals surface area contributed by atoms with Crippen molar-refractivity contribution in [3.63, 3.8) is 0 Å². The Morgan fingerprint density at radius 1 is 1.20 bits per heavy atom. The maximum Gasteiger partial charge on any atom is 0.107 e. The summed E-state index contributed by atoms with van der Waals surface area (Å²) in [6, 6.07) is 2.41. The van der Waals surface area contributed by atoms with E-state index in [0.29, 0.717) is 18.4 Å². The fourth-order valence-corrected chi connectivity index (χ4v) is 1.97. The third-order valence-corrected chi connectivity index (χ3v) is 2.26. The molecule has 15 heavy (non-hydrogen) atoms. The number of terminal acetylenes is 1. The smallest absolute Gasteiger partial charge is 0.107 e. The molecule has 0 aromatic heterocycles. The minimum Gasteiger partial charge on any atom is -0.288 e. The third-order valence-electron chi connectivity index (χ3n) is 2.26. The Kier molecular flexibility index (Phi) is 6.06. The first kappa shape index (κ1) is 14.0. The van der Waals surface area contributed by atoms with E-state index in [0.717, 1.165) is 12.8 Å². The zero-order chi connectivity index (χ0) is 11.9. The van der Waals surface area contributed by atoms with Crippen molar-refractivity contribution in [2.24, 2.45) is 11.8 Å². The van der Waals surface area contributed by atoms with Crippen LogP contribution in [0.15, 0.2) is 0 Å². The van der Waals surface area contributed by atoms with Crippen LogP contribution in [0.5, 0.6) is 0 Å². The van der Waals surface area contributed by atoms with E-state index in [1.165, 1.54) is 0 Å². The highest BCUT2D eigenvalue weighted by Crippen LogP contribution is 2.24. The topological polar surface area (TPSA) is 35.8 Å². The molecule has 0 aliphatic carbocycles. The van der Waals surface area contributed by atoms with Gasteiger partial charge in [-0.05, 0) is 24.7 Å². The monoisotopic (exact) mass is 206 g/mol. The summed E-state index contributed by atoms with van der Waals surface area (Å²) in [4.78, 5) is 0. The summed E-state index contributed by atoms with van der Waals surface area (Å²) in [5, 5.41) is 12.5. The van der Waals surface area contributed by atoms with Crippen LogP contribution in [-0.4, -0.2) is 12.1 Å². The minimum atomic E-state index is -0.450. The van der Waals surface area contributed by atoms with E-state index in [4.69, 9.17) is 6.42 Å². The molecule has 0 fully saturated rings. The zero-order valence-corrected chi connectivity index (χ0v) is 10.3. The van der Waals surface area contributed by atoms with Crippen LogP contribution in [0.1, 0.15) is 40.5 Å². The van der Waals surface area contributed by atoms with Crippen molar-refractivity contribution in [1.82, 2.24) is 5.32 Å². The van der Waals surface area contributed by atoms with Crippen LogP contribution in [0, 0.1) is 35.5 Å². The highest BCUT2D eigenvalue weighted by molar-refractivity contribution is 5.09. The first-order valence-electron chi connectivity index (χ1n) is 5.55. The Bertz CT molecular complexity index is 243. The Morgan fingerprint density at radius 2 is 1.67 bits per heavy atom.